The van der Waals surface area contributed by atoms with Gasteiger partial charge < -0.3 is 0 Å². The van der Waals surface area contributed by atoms with E-state index in [1.54, 1.807) is 0 Å². The van der Waals surface area contributed by atoms with E-state index < -0.39 is 0 Å². The summed E-state index contributed by atoms with van der Waals surface area (Å²) in [6.07, 6.45) is 2.03. The van der Waals surface area contributed by atoms with Gasteiger partial charge in [0.05, 0.1) is 17.1 Å². The number of hydrogen-bond donors (Lipinski definition) is 0. The van der Waals surface area contributed by atoms with Crippen LogP contribution in [0.25, 0.3) is 32.7 Å². The number of aliphatic imine (C=N–C) groups is 2. The summed E-state index contributed by atoms with van der Waals surface area (Å²) in [6, 6.07) is 36.2. The number of allylic oxidation sites excluding steroid dienone is 2. The van der Waals surface area contributed by atoms with Gasteiger partial charge in [0, 0.05) is 34.1 Å². The van der Waals surface area contributed by atoms with Crippen molar-refractivity contribution in [3.05, 3.63) is 120 Å². The van der Waals surface area contributed by atoms with Crippen molar-refractivity contribution in [3.8, 4) is 0 Å². The molecule has 2 nitrogen and oxygen atoms in total. The van der Waals surface area contributed by atoms with Crippen LogP contribution in [0.4, 0.5) is 11.4 Å². The summed E-state index contributed by atoms with van der Waals surface area (Å²) in [4.78, 5) is 9.97. The second-order valence-electron chi connectivity index (χ2n) is 8.23. The van der Waals surface area contributed by atoms with Crippen LogP contribution in [0.3, 0.4) is 0 Å². The zero-order valence-corrected chi connectivity index (χ0v) is 17.3. The van der Waals surface area contributed by atoms with Crippen molar-refractivity contribution in [2.45, 2.75) is 0 Å². The number of nitrogens with zero attached hydrogens (tertiary/aromatic N) is 2. The first-order valence-corrected chi connectivity index (χ1v) is 10.9. The van der Waals surface area contributed by atoms with Gasteiger partial charge in [-0.1, -0.05) is 91.0 Å². The van der Waals surface area contributed by atoms with Crippen LogP contribution in [0.5, 0.6) is 0 Å². The summed E-state index contributed by atoms with van der Waals surface area (Å²) in [5, 5.41) is 4.90. The van der Waals surface area contributed by atoms with E-state index in [0.29, 0.717) is 0 Å². The van der Waals surface area contributed by atoms with E-state index in [0.717, 1.165) is 28.2 Å². The zero-order valence-electron chi connectivity index (χ0n) is 17.3. The fourth-order valence-corrected chi connectivity index (χ4v) is 5.02. The lowest BCUT2D eigenvalue weighted by Crippen LogP contribution is -2.03. The zero-order chi connectivity index (χ0) is 21.1. The van der Waals surface area contributed by atoms with E-state index in [-0.39, 0.29) is 0 Å². The largest absolute Gasteiger partial charge is 0.256 e. The minimum absolute atomic E-state index is 1.01. The van der Waals surface area contributed by atoms with Gasteiger partial charge in [-0.15, -0.1) is 0 Å². The van der Waals surface area contributed by atoms with Crippen LogP contribution in [0.1, 0.15) is 16.7 Å². The summed E-state index contributed by atoms with van der Waals surface area (Å²) < 4.78 is 0. The Labute approximate surface area is 185 Å². The molecule has 2 heterocycles. The monoisotopic (exact) mass is 406 g/mol. The summed E-state index contributed by atoms with van der Waals surface area (Å²) in [7, 11) is 0. The minimum atomic E-state index is 1.01. The number of hydrogen-bond acceptors (Lipinski definition) is 2. The van der Waals surface area contributed by atoms with Gasteiger partial charge in [0.25, 0.3) is 0 Å². The molecular weight excluding hydrogens is 388 g/mol. The lowest BCUT2D eigenvalue weighted by molar-refractivity contribution is 1.56. The third-order valence-corrected chi connectivity index (χ3v) is 6.45. The van der Waals surface area contributed by atoms with Crippen LogP contribution in [0.2, 0.25) is 0 Å². The second-order valence-corrected chi connectivity index (χ2v) is 8.23. The van der Waals surface area contributed by atoms with Crippen LogP contribution in [0, 0.1) is 0 Å². The number of benzene rings is 5. The van der Waals surface area contributed by atoms with E-state index in [9.17, 15) is 0 Å². The fraction of sp³-hybridized carbons (Fsp3) is 0. The molecule has 148 valence electrons. The normalized spacial score (nSPS) is 16.4. The van der Waals surface area contributed by atoms with E-state index >= 15 is 0 Å². The summed E-state index contributed by atoms with van der Waals surface area (Å²) in [5.41, 5.74) is 8.89. The third kappa shape index (κ3) is 2.41. The molecule has 5 aromatic carbocycles. The first kappa shape index (κ1) is 17.4. The molecule has 0 saturated heterocycles. The van der Waals surface area contributed by atoms with Crippen LogP contribution < -0.4 is 0 Å². The Kier molecular flexibility index (Phi) is 3.58. The van der Waals surface area contributed by atoms with E-state index in [1.165, 1.54) is 38.2 Å². The molecule has 0 spiro atoms. The molecule has 0 atom stereocenters. The van der Waals surface area contributed by atoms with Crippen molar-refractivity contribution in [3.63, 3.8) is 0 Å². The van der Waals surface area contributed by atoms with Gasteiger partial charge in [-0.3, -0.25) is 4.99 Å². The average molecular weight is 406 g/mol. The van der Waals surface area contributed by atoms with Crippen molar-refractivity contribution in [2.75, 3.05) is 0 Å². The molecule has 0 fully saturated rings. The number of fused-ring (bicyclic) bond motifs is 6. The van der Waals surface area contributed by atoms with E-state index in [2.05, 4.69) is 97.1 Å². The Morgan fingerprint density at radius 3 is 1.88 bits per heavy atom. The highest BCUT2D eigenvalue weighted by atomic mass is 14.8. The Bertz CT molecular complexity index is 1650. The molecular formula is C30H18N2. The second kappa shape index (κ2) is 6.60. The molecule has 0 radical (unpaired) electrons. The average Bonchev–Trinajstić information content (AvgIpc) is 3.46. The summed E-state index contributed by atoms with van der Waals surface area (Å²) >= 11 is 0. The molecule has 2 aliphatic rings. The van der Waals surface area contributed by atoms with Crippen LogP contribution in [-0.2, 0) is 0 Å². The van der Waals surface area contributed by atoms with Crippen LogP contribution in [0.15, 0.2) is 113 Å². The molecule has 0 saturated carbocycles. The SMILES string of the molecule is C1=Nc2ccc3ccccc3c2C1=C1C(c2ccccc2)=Nc2ccc3ccccc3c21. The standard InChI is InChI=1S/C30H18N2/c1-2-10-21(11-3-1)30-29(28-23-13-7-5-9-20(23)15-17-26(28)32-30)24-18-31-25-16-14-19-8-4-6-12-22(19)27(24)25/h1-18H. The van der Waals surface area contributed by atoms with Gasteiger partial charge in [-0.25, -0.2) is 4.99 Å². The molecule has 0 N–H and O–H groups in total. The molecule has 7 rings (SSSR count). The Balaban J connectivity index is 1.63. The minimum Gasteiger partial charge on any atom is -0.256 e. The molecule has 0 bridgehead atoms. The summed E-state index contributed by atoms with van der Waals surface area (Å²) in [6.45, 7) is 0. The number of rotatable bonds is 1. The van der Waals surface area contributed by atoms with Gasteiger partial charge in [-0.05, 0) is 33.7 Å². The molecule has 0 aliphatic carbocycles. The Hall–Kier alpha value is -4.30. The lowest BCUT2D eigenvalue weighted by Gasteiger charge is -2.13. The fourth-order valence-electron chi connectivity index (χ4n) is 5.02. The molecule has 2 aliphatic heterocycles. The molecule has 0 aromatic heterocycles. The van der Waals surface area contributed by atoms with Crippen molar-refractivity contribution in [2.24, 2.45) is 9.98 Å². The van der Waals surface area contributed by atoms with Gasteiger partial charge in [-0.2, -0.15) is 0 Å². The van der Waals surface area contributed by atoms with Gasteiger partial charge in [0.2, 0.25) is 0 Å². The topological polar surface area (TPSA) is 24.7 Å². The molecule has 5 aromatic rings. The van der Waals surface area contributed by atoms with Crippen molar-refractivity contribution < 1.29 is 0 Å². The first-order valence-electron chi connectivity index (χ1n) is 10.9. The quantitative estimate of drug-likeness (QED) is 0.272. The maximum Gasteiger partial charge on any atom is 0.0795 e. The maximum absolute atomic E-state index is 5.15. The maximum atomic E-state index is 5.15. The van der Waals surface area contributed by atoms with E-state index in [4.69, 9.17) is 9.98 Å². The smallest absolute Gasteiger partial charge is 0.0795 e. The molecule has 2 heteroatoms. The van der Waals surface area contributed by atoms with Crippen molar-refractivity contribution >= 4 is 56.0 Å². The Morgan fingerprint density at radius 1 is 0.500 bits per heavy atom. The van der Waals surface area contributed by atoms with Gasteiger partial charge >= 0.3 is 0 Å². The van der Waals surface area contributed by atoms with E-state index in [1.807, 2.05) is 12.3 Å². The summed E-state index contributed by atoms with van der Waals surface area (Å²) in [5.74, 6) is 0. The van der Waals surface area contributed by atoms with Gasteiger partial charge in [0.1, 0.15) is 0 Å². The van der Waals surface area contributed by atoms with Crippen LogP contribution in [-0.4, -0.2) is 11.9 Å². The highest BCUT2D eigenvalue weighted by molar-refractivity contribution is 6.49. The molecule has 0 unspecified atom stereocenters. The predicted molar refractivity (Wildman–Crippen MR) is 136 cm³/mol. The first-order chi connectivity index (χ1) is 15.9. The lowest BCUT2D eigenvalue weighted by atomic mass is 9.87. The van der Waals surface area contributed by atoms with Crippen molar-refractivity contribution in [1.82, 2.24) is 0 Å². The highest BCUT2D eigenvalue weighted by Crippen LogP contribution is 2.48. The Morgan fingerprint density at radius 2 is 1.12 bits per heavy atom. The van der Waals surface area contributed by atoms with Crippen LogP contribution >= 0.6 is 0 Å². The molecule has 0 amide bonds. The third-order valence-electron chi connectivity index (χ3n) is 6.45. The van der Waals surface area contributed by atoms with Crippen molar-refractivity contribution in [1.29, 1.82) is 0 Å². The highest BCUT2D eigenvalue weighted by Gasteiger charge is 2.30. The molecule has 32 heavy (non-hydrogen) atoms. The predicted octanol–water partition coefficient (Wildman–Crippen LogP) is 7.75. The van der Waals surface area contributed by atoms with Gasteiger partial charge in [0.15, 0.2) is 0 Å².